The van der Waals surface area contributed by atoms with Gasteiger partial charge in [-0.15, -0.1) is 0 Å². The maximum atomic E-state index is 12.0. The predicted octanol–water partition coefficient (Wildman–Crippen LogP) is -8.11. The quantitative estimate of drug-likeness (QED) is 0.0318. The Morgan fingerprint density at radius 1 is 0.411 bits per heavy atom. The molecule has 56 heavy (non-hydrogen) atoms. The molecule has 0 aliphatic carbocycles. The van der Waals surface area contributed by atoms with Gasteiger partial charge in [0.2, 0.25) is 0 Å². The van der Waals surface area contributed by atoms with Crippen LogP contribution in [0.25, 0.3) is 24.3 Å². The Morgan fingerprint density at radius 2 is 0.643 bits per heavy atom. The summed E-state index contributed by atoms with van der Waals surface area (Å²) in [6.07, 6.45) is 3.71. The molecule has 0 spiro atoms. The summed E-state index contributed by atoms with van der Waals surface area (Å²) in [5.74, 6) is 0. The first kappa shape index (κ1) is 54.4. The monoisotopic (exact) mass is 884 g/mol. The minimum atomic E-state index is -5.27. The first-order chi connectivity index (χ1) is 23.9. The normalized spacial score (nSPS) is 12.0. The number of hydrogen-bond donors (Lipinski definition) is 0. The van der Waals surface area contributed by atoms with Gasteiger partial charge >= 0.3 is 118 Å². The van der Waals surface area contributed by atoms with Crippen molar-refractivity contribution in [3.05, 3.63) is 115 Å². The van der Waals surface area contributed by atoms with Gasteiger partial charge in [-0.2, -0.15) is 10.2 Å². The molecule has 4 aromatic carbocycles. The Labute approximate surface area is 407 Å². The van der Waals surface area contributed by atoms with Crippen molar-refractivity contribution in [1.82, 2.24) is 0 Å². The van der Waals surface area contributed by atoms with Crippen LogP contribution in [0.1, 0.15) is 22.3 Å². The summed E-state index contributed by atoms with van der Waals surface area (Å²) in [5, 5.41) is 29.5. The van der Waals surface area contributed by atoms with Crippen molar-refractivity contribution in [3.63, 3.8) is 0 Å². The van der Waals surface area contributed by atoms with Crippen LogP contribution >= 0.6 is 0 Å². The Hall–Kier alpha value is -1.60. The molecule has 0 fully saturated rings. The molecule has 0 bridgehead atoms. The van der Waals surface area contributed by atoms with E-state index in [4.69, 9.17) is 0 Å². The first-order valence-electron chi connectivity index (χ1n) is 13.4. The SMILES string of the molecule is O=[N+]([O-])c1ccc(/C=C\c2ccc(N=Nc3ccc(/C=C\c4ccc([N+](=O)[O-])cc4S(=O)(=O)[O-])c(S(=O)(=O)[O-])c3)cc2S(=O)(=O)[O-])c(S(=O)(=O)[O-])c1.[Na+].[Na+].[Na+].[Na+]. The zero-order valence-electron chi connectivity index (χ0n) is 29.2. The van der Waals surface area contributed by atoms with Crippen molar-refractivity contribution >= 4 is 87.5 Å². The van der Waals surface area contributed by atoms with E-state index in [2.05, 4.69) is 10.2 Å². The van der Waals surface area contributed by atoms with E-state index in [1.807, 2.05) is 0 Å². The van der Waals surface area contributed by atoms with Gasteiger partial charge in [-0.1, -0.05) is 36.4 Å². The van der Waals surface area contributed by atoms with Gasteiger partial charge < -0.3 is 18.2 Å². The topological polar surface area (TPSA) is 340 Å². The standard InChI is InChI=1S/C28H20N4O16S4.4Na/c33-31(34)23-11-7-19(27(15-23)51(43,44)45)3-1-17-5-9-21(13-25(17)49(37,38)39)29-30-22-10-6-18(26(14-22)50(40,41)42)2-4-20-8-12-24(32(35)36)16-28(20)52(46,47)48;;;;/h1-16H,(H,37,38,39)(H,40,41,42)(H,43,44,45)(H,46,47,48);;;;/q;4*+1/p-4/b3-1-,4-2-,30-29?;;;;. The number of nitrogens with zero attached hydrogens (tertiary/aromatic N) is 4. The molecule has 0 aliphatic rings. The molecule has 0 unspecified atom stereocenters. The molecule has 4 aromatic rings. The van der Waals surface area contributed by atoms with Gasteiger partial charge in [-0.05, 0) is 58.7 Å². The van der Waals surface area contributed by atoms with Gasteiger partial charge in [0.25, 0.3) is 11.4 Å². The largest absolute Gasteiger partial charge is 1.00 e. The third-order valence-corrected chi connectivity index (χ3v) is 10.2. The van der Waals surface area contributed by atoms with Gasteiger partial charge in [-0.25, -0.2) is 33.7 Å². The number of non-ortho nitro benzene ring substituents is 2. The average molecular weight is 885 g/mol. The van der Waals surface area contributed by atoms with Crippen molar-refractivity contribution < 1.29 is 180 Å². The van der Waals surface area contributed by atoms with Gasteiger partial charge in [0.1, 0.15) is 40.5 Å². The molecule has 0 N–H and O–H groups in total. The van der Waals surface area contributed by atoms with E-state index in [9.17, 15) is 72.1 Å². The maximum Gasteiger partial charge on any atom is 1.00 e. The van der Waals surface area contributed by atoms with Gasteiger partial charge in [0.15, 0.2) is 0 Å². The van der Waals surface area contributed by atoms with Crippen LogP contribution in [0.3, 0.4) is 0 Å². The zero-order valence-corrected chi connectivity index (χ0v) is 40.5. The Kier molecular flexibility index (Phi) is 21.0. The molecule has 0 radical (unpaired) electrons. The average Bonchev–Trinajstić information content (AvgIpc) is 3.03. The molecule has 0 saturated carbocycles. The second-order valence-electron chi connectivity index (χ2n) is 10.1. The first-order valence-corrected chi connectivity index (χ1v) is 19.0. The minimum Gasteiger partial charge on any atom is -0.744 e. The minimum absolute atomic E-state index is 0. The predicted molar refractivity (Wildman–Crippen MR) is 173 cm³/mol. The fourth-order valence-corrected chi connectivity index (χ4v) is 7.09. The summed E-state index contributed by atoms with van der Waals surface area (Å²) in [4.78, 5) is 16.3. The number of nitro benzene ring substituents is 2. The molecular formula is C28H16N4Na4O16S4. The van der Waals surface area contributed by atoms with E-state index in [1.54, 1.807) is 0 Å². The van der Waals surface area contributed by atoms with E-state index in [0.717, 1.165) is 85.0 Å². The Bertz CT molecular complexity index is 2530. The number of nitro groups is 2. The fourth-order valence-electron chi connectivity index (χ4n) is 4.34. The molecule has 0 aliphatic heterocycles. The molecule has 0 amide bonds. The van der Waals surface area contributed by atoms with Crippen LogP contribution < -0.4 is 118 Å². The molecule has 0 aromatic heterocycles. The summed E-state index contributed by atoms with van der Waals surface area (Å²) in [5.41, 5.74) is -3.45. The Balaban J connectivity index is 0.00000756. The van der Waals surface area contributed by atoms with Gasteiger partial charge in [0, 0.05) is 24.3 Å². The maximum absolute atomic E-state index is 12.0. The fraction of sp³-hybridized carbons (Fsp3) is 0. The van der Waals surface area contributed by atoms with Crippen molar-refractivity contribution in [3.8, 4) is 0 Å². The summed E-state index contributed by atoms with van der Waals surface area (Å²) in [7, 11) is -21.0. The van der Waals surface area contributed by atoms with Crippen LogP contribution in [0.2, 0.25) is 0 Å². The van der Waals surface area contributed by atoms with E-state index in [1.165, 1.54) is 0 Å². The molecule has 20 nitrogen and oxygen atoms in total. The molecular weight excluding hydrogens is 869 g/mol. The molecule has 0 saturated heterocycles. The molecule has 0 heterocycles. The summed E-state index contributed by atoms with van der Waals surface area (Å²) >= 11 is 0. The van der Waals surface area contributed by atoms with E-state index >= 15 is 0 Å². The zero-order chi connectivity index (χ0) is 38.8. The number of rotatable bonds is 12. The number of hydrogen-bond acceptors (Lipinski definition) is 18. The summed E-state index contributed by atoms with van der Waals surface area (Å²) in [6.45, 7) is 0. The van der Waals surface area contributed by atoms with Gasteiger partial charge in [-0.3, -0.25) is 20.2 Å². The van der Waals surface area contributed by atoms with Crippen LogP contribution in [0.15, 0.2) is 103 Å². The molecule has 4 rings (SSSR count). The number of azo groups is 1. The van der Waals surface area contributed by atoms with E-state index in [0.29, 0.717) is 12.1 Å². The van der Waals surface area contributed by atoms with Crippen LogP contribution in [0.5, 0.6) is 0 Å². The second-order valence-corrected chi connectivity index (χ2v) is 15.5. The summed E-state index contributed by atoms with van der Waals surface area (Å²) in [6, 6.07) is 10.4. The smallest absolute Gasteiger partial charge is 0.744 e. The van der Waals surface area contributed by atoms with E-state index < -0.39 is 81.3 Å². The van der Waals surface area contributed by atoms with Crippen LogP contribution in [0.4, 0.5) is 22.7 Å². The molecule has 272 valence electrons. The van der Waals surface area contributed by atoms with Crippen molar-refractivity contribution in [2.75, 3.05) is 0 Å². The molecule has 0 atom stereocenters. The van der Waals surface area contributed by atoms with E-state index in [-0.39, 0.29) is 152 Å². The van der Waals surface area contributed by atoms with Crippen molar-refractivity contribution in [2.24, 2.45) is 10.2 Å². The third-order valence-electron chi connectivity index (χ3n) is 6.65. The molecule has 28 heteroatoms. The van der Waals surface area contributed by atoms with Crippen molar-refractivity contribution in [2.45, 2.75) is 19.6 Å². The van der Waals surface area contributed by atoms with Crippen LogP contribution in [-0.4, -0.2) is 61.7 Å². The summed E-state index contributed by atoms with van der Waals surface area (Å²) < 4.78 is 142. The number of benzene rings is 4. The van der Waals surface area contributed by atoms with Crippen LogP contribution in [-0.2, 0) is 40.5 Å². The second kappa shape index (κ2) is 21.6. The van der Waals surface area contributed by atoms with Crippen LogP contribution in [0, 0.1) is 20.2 Å². The van der Waals surface area contributed by atoms with Crippen molar-refractivity contribution in [1.29, 1.82) is 0 Å². The van der Waals surface area contributed by atoms with Gasteiger partial charge in [0.05, 0.1) is 40.8 Å². The third kappa shape index (κ3) is 14.6. The Morgan fingerprint density at radius 3 is 0.875 bits per heavy atom.